The number of hydrogen-bond acceptors (Lipinski definition) is 13. The van der Waals surface area contributed by atoms with E-state index in [1.807, 2.05) is 123 Å². The van der Waals surface area contributed by atoms with Gasteiger partial charge in [-0.05, 0) is 195 Å². The molecule has 0 saturated heterocycles. The highest BCUT2D eigenvalue weighted by Crippen LogP contribution is 2.37. The van der Waals surface area contributed by atoms with Crippen molar-refractivity contribution in [2.75, 3.05) is 18.6 Å². The van der Waals surface area contributed by atoms with Gasteiger partial charge < -0.3 is 14.9 Å². The van der Waals surface area contributed by atoms with Gasteiger partial charge in [0.05, 0.1) is 56.7 Å². The first kappa shape index (κ1) is 80.1. The molecule has 111 heavy (non-hydrogen) atoms. The number of aromatic nitrogens is 6. The maximum absolute atomic E-state index is 13.2. The summed E-state index contributed by atoms with van der Waals surface area (Å²) < 4.78 is 108. The van der Waals surface area contributed by atoms with Crippen molar-refractivity contribution < 1.29 is 58.9 Å². The van der Waals surface area contributed by atoms with E-state index in [2.05, 4.69) is 30.4 Å². The lowest BCUT2D eigenvalue weighted by Gasteiger charge is -2.18. The number of ketones is 2. The lowest BCUT2D eigenvalue weighted by atomic mass is 9.84. The number of aromatic hydroxyl groups is 2. The van der Waals surface area contributed by atoms with Crippen LogP contribution in [0.3, 0.4) is 0 Å². The number of fused-ring (bicyclic) bond motifs is 3. The Kier molecular flexibility index (Phi) is 26.4. The van der Waals surface area contributed by atoms with Crippen molar-refractivity contribution in [3.63, 3.8) is 0 Å². The van der Waals surface area contributed by atoms with E-state index in [0.717, 1.165) is 69.1 Å². The zero-order valence-electron chi connectivity index (χ0n) is 60.3. The average molecular weight is 1570 g/mol. The number of alkyl halides is 3. The second-order valence-corrected chi connectivity index (χ2v) is 30.9. The molecule has 4 heterocycles. The van der Waals surface area contributed by atoms with E-state index in [-0.39, 0.29) is 56.4 Å². The molecule has 4 aromatic heterocycles. The molecule has 0 unspecified atom stereocenters. The maximum atomic E-state index is 13.2. The van der Waals surface area contributed by atoms with Crippen LogP contribution in [0.15, 0.2) is 283 Å². The van der Waals surface area contributed by atoms with Crippen LogP contribution in [-0.4, -0.2) is 87.6 Å². The number of rotatable bonds is 18. The van der Waals surface area contributed by atoms with Gasteiger partial charge in [-0.1, -0.05) is 163 Å². The Labute approximate surface area is 650 Å². The van der Waals surface area contributed by atoms with E-state index >= 15 is 0 Å². The van der Waals surface area contributed by atoms with Crippen LogP contribution in [0, 0.1) is 19.7 Å². The summed E-state index contributed by atoms with van der Waals surface area (Å²) in [4.78, 5) is 33.7. The number of hydrogen-bond donors (Lipinski definition) is 4. The second-order valence-electron chi connectivity index (χ2n) is 25.9. The topological polar surface area (TPSA) is 235 Å². The van der Waals surface area contributed by atoms with Gasteiger partial charge >= 0.3 is 6.18 Å². The summed E-state index contributed by atoms with van der Waals surface area (Å²) in [5.41, 5.74) is 11.5. The van der Waals surface area contributed by atoms with Crippen LogP contribution in [0.2, 0.25) is 10.0 Å². The number of methoxy groups -OCH3 is 1. The number of aryl methyl sites for hydroxylation is 6. The number of pyridine rings is 2. The first-order chi connectivity index (χ1) is 53.3. The molecule has 0 radical (unpaired) electrons. The van der Waals surface area contributed by atoms with Gasteiger partial charge in [0, 0.05) is 90.1 Å². The minimum Gasteiger partial charge on any atom is -0.507 e. The smallest absolute Gasteiger partial charge is 0.416 e. The van der Waals surface area contributed by atoms with E-state index in [9.17, 15) is 54.2 Å². The molecule has 1 aliphatic rings. The van der Waals surface area contributed by atoms with Gasteiger partial charge in [0.1, 0.15) is 23.1 Å². The van der Waals surface area contributed by atoms with Crippen LogP contribution >= 0.6 is 23.2 Å². The van der Waals surface area contributed by atoms with Crippen LogP contribution in [0.4, 0.5) is 17.6 Å². The van der Waals surface area contributed by atoms with Crippen molar-refractivity contribution >= 4 is 65.2 Å². The van der Waals surface area contributed by atoms with E-state index in [0.29, 0.717) is 96.5 Å². The summed E-state index contributed by atoms with van der Waals surface area (Å²) in [5, 5.41) is 36.8. The first-order valence-electron chi connectivity index (χ1n) is 35.1. The lowest BCUT2D eigenvalue weighted by molar-refractivity contribution is -0.138. The molecular weight excluding hydrogens is 1500 g/mol. The fraction of sp³-hybridized carbons (Fsp3) is 0.136. The Hall–Kier alpha value is -11.9. The van der Waals surface area contributed by atoms with Gasteiger partial charge in [-0.25, -0.2) is 21.2 Å². The van der Waals surface area contributed by atoms with Gasteiger partial charge in [0.25, 0.3) is 0 Å². The number of halogens is 6. The molecule has 1 aliphatic carbocycles. The molecule has 0 saturated carbocycles. The van der Waals surface area contributed by atoms with Gasteiger partial charge in [-0.3, -0.25) is 29.8 Å². The zero-order chi connectivity index (χ0) is 78.8. The highest BCUT2D eigenvalue weighted by molar-refractivity contribution is 7.91. The van der Waals surface area contributed by atoms with E-state index in [4.69, 9.17) is 27.9 Å². The highest BCUT2D eigenvalue weighted by Gasteiger charge is 2.33. The van der Waals surface area contributed by atoms with Gasteiger partial charge in [0.2, 0.25) is 0 Å². The molecule has 14 aromatic rings. The first-order valence-corrected chi connectivity index (χ1v) is 39.1. The number of benzene rings is 10. The summed E-state index contributed by atoms with van der Waals surface area (Å²) >= 11 is 12.3. The number of nitrogens with zero attached hydrogens (tertiary/aromatic N) is 4. The van der Waals surface area contributed by atoms with Crippen LogP contribution in [0.5, 0.6) is 17.2 Å². The number of H-pyrrole nitrogens is 2. The number of carbonyl (C=O) groups is 2. The number of para-hydroxylation sites is 1. The Bertz CT molecular complexity index is 5870. The average Bonchev–Trinajstić information content (AvgIpc) is 1.50. The largest absolute Gasteiger partial charge is 0.507 e. The molecule has 15 nitrogen and oxygen atoms in total. The van der Waals surface area contributed by atoms with Crippen LogP contribution in [0.1, 0.15) is 83.6 Å². The number of aromatic amines is 2. The predicted octanol–water partition coefficient (Wildman–Crippen LogP) is 20.4. The molecule has 0 aliphatic heterocycles. The maximum Gasteiger partial charge on any atom is 0.416 e. The van der Waals surface area contributed by atoms with Crippen molar-refractivity contribution in [3.8, 4) is 62.3 Å². The Morgan fingerprint density at radius 1 is 0.459 bits per heavy atom. The van der Waals surface area contributed by atoms with Gasteiger partial charge in [-0.2, -0.15) is 23.4 Å². The number of ether oxygens (including phenoxy) is 1. The second kappa shape index (κ2) is 36.6. The minimum absolute atomic E-state index is 0.0460. The lowest BCUT2D eigenvalue weighted by Crippen LogP contribution is -2.21. The molecule has 0 bridgehead atoms. The molecule has 0 amide bonds. The van der Waals surface area contributed by atoms with Crippen molar-refractivity contribution in [2.45, 2.75) is 68.3 Å². The number of nitrogens with one attached hydrogen (secondary N) is 2. The molecule has 10 aromatic carbocycles. The minimum atomic E-state index is -4.28. The zero-order valence-corrected chi connectivity index (χ0v) is 63.4. The van der Waals surface area contributed by atoms with Crippen molar-refractivity contribution in [1.82, 2.24) is 30.4 Å². The summed E-state index contributed by atoms with van der Waals surface area (Å²) in [6.45, 7) is 3.85. The number of unbranched alkanes of at least 4 members (excludes halogenated alkanes) is 1. The molecular formula is C88H74Cl2F4N6O9S2. The SMILES string of the molecule is COc1ccccc1CCCCc1ccccc1C(F)(F)F.Cc1ccc(-c2cc(-c3cccc(F)c3)n[nH]2)c(O)c1.Cc1ccc(-c2cc(-c3ccccc3Cl)[nH]n2)c(O)c1.O=C1c2ccccc2C(=O)c2cc(S(=O)(=O)CCc3cccnc3)ccc21.O=S(=O)(CCc1cccnc1)c1ccc(Cl)c2ccccc12. The summed E-state index contributed by atoms with van der Waals surface area (Å²) in [7, 11) is -5.37. The van der Waals surface area contributed by atoms with Crippen LogP contribution in [-0.2, 0) is 51.5 Å². The van der Waals surface area contributed by atoms with Gasteiger partial charge in [-0.15, -0.1) is 0 Å². The van der Waals surface area contributed by atoms with E-state index in [1.165, 1.54) is 36.4 Å². The molecule has 4 N–H and O–H groups in total. The van der Waals surface area contributed by atoms with E-state index < -0.39 is 31.4 Å². The number of phenols is 2. The Morgan fingerprint density at radius 2 is 0.982 bits per heavy atom. The van der Waals surface area contributed by atoms with Crippen LogP contribution < -0.4 is 4.74 Å². The number of phenolic OH excluding ortho intramolecular Hbond substituents is 2. The monoisotopic (exact) mass is 1570 g/mol. The molecule has 564 valence electrons. The Balaban J connectivity index is 0.000000138. The predicted molar refractivity (Wildman–Crippen MR) is 426 cm³/mol. The third-order valence-electron chi connectivity index (χ3n) is 18.2. The quantitative estimate of drug-likeness (QED) is 0.0463. The van der Waals surface area contributed by atoms with Crippen molar-refractivity contribution in [1.29, 1.82) is 0 Å². The third-order valence-corrected chi connectivity index (χ3v) is 22.3. The Morgan fingerprint density at radius 3 is 1.59 bits per heavy atom. The summed E-state index contributed by atoms with van der Waals surface area (Å²) in [6.07, 6.45) is 5.87. The fourth-order valence-corrected chi connectivity index (χ4v) is 15.7. The molecule has 23 heteroatoms. The van der Waals surface area contributed by atoms with E-state index in [1.54, 1.807) is 129 Å². The molecule has 0 fully saturated rings. The van der Waals surface area contributed by atoms with Crippen LogP contribution in [0.25, 0.3) is 55.8 Å². The van der Waals surface area contributed by atoms with Crippen molar-refractivity contribution in [2.24, 2.45) is 0 Å². The standard InChI is InChI=1S/C21H15NO4S.C18H19F3O.C17H14ClNO2S.C16H13ClN2O.C16H13FN2O/c23-20-16-5-1-2-6-17(16)21(24)19-12-15(7-8-18(19)20)27(25,26)11-9-14-4-3-10-22-13-14;1-22-17-13-7-5-11-15(17)10-3-2-8-14-9-4-6-12-16(14)18(19,20)21;18-16-7-8-17(15-6-2-1-5-14(15)16)22(20,21)11-9-13-4-3-10-19-12-13;1-10-6-7-12(16(20)8-10)15-9-14(18-19-15)11-4-2-3-5-13(11)17;1-10-5-6-13(16(20)7-10)15-9-14(18-19-15)11-3-2-4-12(17)8-11/h1-8,10,12-13H,9,11H2;4-7,9,11-13H,2-3,8,10H2,1H3;1-8,10,12H,9,11H2;2*2-9,20H,1H3,(H,18,19). The normalized spacial score (nSPS) is 11.6. The fourth-order valence-electron chi connectivity index (χ4n) is 12.4. The molecule has 0 spiro atoms. The third kappa shape index (κ3) is 20.5. The number of carbonyl (C=O) groups excluding carboxylic acids is 2. The van der Waals surface area contributed by atoms with Crippen molar-refractivity contribution in [3.05, 3.63) is 351 Å². The number of sulfone groups is 2. The summed E-state index contributed by atoms with van der Waals surface area (Å²) in [6, 6.07) is 70.5. The summed E-state index contributed by atoms with van der Waals surface area (Å²) in [5.74, 6) is 0.301. The molecule has 0 atom stereocenters. The molecule has 15 rings (SSSR count). The highest BCUT2D eigenvalue weighted by atomic mass is 35.5. The van der Waals surface area contributed by atoms with Gasteiger partial charge in [0.15, 0.2) is 31.2 Å².